The van der Waals surface area contributed by atoms with E-state index in [0.717, 1.165) is 30.8 Å². The maximum atomic E-state index is 5.69. The van der Waals surface area contributed by atoms with Gasteiger partial charge in [0.2, 0.25) is 0 Å². The lowest BCUT2D eigenvalue weighted by Gasteiger charge is -2.14. The van der Waals surface area contributed by atoms with Crippen molar-refractivity contribution in [1.82, 2.24) is 5.32 Å². The molecule has 28 heavy (non-hydrogen) atoms. The third kappa shape index (κ3) is 8.24. The summed E-state index contributed by atoms with van der Waals surface area (Å²) in [6, 6.07) is 15.6. The molecule has 0 spiro atoms. The Morgan fingerprint density at radius 2 is 1.79 bits per heavy atom. The van der Waals surface area contributed by atoms with Crippen LogP contribution in [0.2, 0.25) is 0 Å². The molecule has 0 aliphatic rings. The number of para-hydroxylation sites is 1. The number of anilines is 1. The van der Waals surface area contributed by atoms with Gasteiger partial charge >= 0.3 is 0 Å². The van der Waals surface area contributed by atoms with Crippen LogP contribution in [0.1, 0.15) is 19.8 Å². The van der Waals surface area contributed by atoms with Gasteiger partial charge in [-0.3, -0.25) is 4.99 Å². The first-order valence-corrected chi connectivity index (χ1v) is 9.23. The molecule has 0 atom stereocenters. The minimum atomic E-state index is 0. The highest BCUT2D eigenvalue weighted by atomic mass is 127. The van der Waals surface area contributed by atoms with Crippen LogP contribution in [0.15, 0.2) is 53.5 Å². The van der Waals surface area contributed by atoms with Crippen molar-refractivity contribution >= 4 is 35.6 Å². The van der Waals surface area contributed by atoms with E-state index in [1.54, 1.807) is 14.2 Å². The summed E-state index contributed by atoms with van der Waals surface area (Å²) < 4.78 is 16.6. The summed E-state index contributed by atoms with van der Waals surface area (Å²) >= 11 is 0. The zero-order valence-corrected chi connectivity index (χ0v) is 19.1. The first-order valence-electron chi connectivity index (χ1n) is 9.23. The zero-order chi connectivity index (χ0) is 19.3. The fourth-order valence-corrected chi connectivity index (χ4v) is 2.48. The molecular formula is C21H30IN3O3. The zero-order valence-electron chi connectivity index (χ0n) is 16.7. The van der Waals surface area contributed by atoms with Crippen molar-refractivity contribution in [3.05, 3.63) is 48.5 Å². The van der Waals surface area contributed by atoms with Gasteiger partial charge in [0.25, 0.3) is 0 Å². The Hall–Kier alpha value is -2.16. The van der Waals surface area contributed by atoms with Crippen LogP contribution < -0.4 is 24.8 Å². The second-order valence-corrected chi connectivity index (χ2v) is 5.79. The predicted molar refractivity (Wildman–Crippen MR) is 126 cm³/mol. The summed E-state index contributed by atoms with van der Waals surface area (Å²) in [5, 5.41) is 6.58. The highest BCUT2D eigenvalue weighted by molar-refractivity contribution is 14.0. The molecule has 0 saturated heterocycles. The lowest BCUT2D eigenvalue weighted by molar-refractivity contribution is 0.307. The fourth-order valence-electron chi connectivity index (χ4n) is 2.48. The first kappa shape index (κ1) is 23.9. The normalized spacial score (nSPS) is 10.6. The van der Waals surface area contributed by atoms with Crippen LogP contribution in [0.3, 0.4) is 0 Å². The number of hydrogen-bond donors (Lipinski definition) is 2. The molecule has 0 fully saturated rings. The van der Waals surface area contributed by atoms with Crippen molar-refractivity contribution in [2.75, 3.05) is 39.2 Å². The van der Waals surface area contributed by atoms with Gasteiger partial charge in [-0.25, -0.2) is 0 Å². The van der Waals surface area contributed by atoms with Crippen molar-refractivity contribution in [2.24, 2.45) is 4.99 Å². The van der Waals surface area contributed by atoms with Crippen LogP contribution in [0.4, 0.5) is 5.69 Å². The lowest BCUT2D eigenvalue weighted by atomic mass is 10.2. The second kappa shape index (κ2) is 13.9. The maximum Gasteiger partial charge on any atom is 0.195 e. The van der Waals surface area contributed by atoms with Crippen molar-refractivity contribution in [2.45, 2.75) is 19.8 Å². The van der Waals surface area contributed by atoms with Crippen LogP contribution >= 0.6 is 24.0 Å². The van der Waals surface area contributed by atoms with Gasteiger partial charge in [0.1, 0.15) is 5.75 Å². The van der Waals surface area contributed by atoms with Gasteiger partial charge < -0.3 is 24.8 Å². The summed E-state index contributed by atoms with van der Waals surface area (Å²) in [6.07, 6.45) is 1.95. The van der Waals surface area contributed by atoms with Gasteiger partial charge in [-0.2, -0.15) is 0 Å². The number of unbranched alkanes of at least 4 members (excludes halogenated alkanes) is 1. The van der Waals surface area contributed by atoms with Crippen LogP contribution in [-0.2, 0) is 0 Å². The Bertz CT molecular complexity index is 711. The Morgan fingerprint density at radius 1 is 1.00 bits per heavy atom. The molecule has 2 aromatic rings. The number of ether oxygens (including phenoxy) is 3. The van der Waals surface area contributed by atoms with Gasteiger partial charge in [-0.1, -0.05) is 18.2 Å². The molecule has 0 aliphatic heterocycles. The van der Waals surface area contributed by atoms with Crippen LogP contribution in [-0.4, -0.2) is 39.9 Å². The molecule has 6 nitrogen and oxygen atoms in total. The minimum absolute atomic E-state index is 0. The average molecular weight is 499 g/mol. The average Bonchev–Trinajstić information content (AvgIpc) is 2.71. The van der Waals surface area contributed by atoms with Crippen LogP contribution in [0.25, 0.3) is 0 Å². The van der Waals surface area contributed by atoms with E-state index in [1.165, 1.54) is 0 Å². The van der Waals surface area contributed by atoms with Crippen molar-refractivity contribution < 1.29 is 14.2 Å². The molecule has 0 aliphatic carbocycles. The van der Waals surface area contributed by atoms with E-state index in [4.69, 9.17) is 14.2 Å². The monoisotopic (exact) mass is 499 g/mol. The number of benzene rings is 2. The number of nitrogens with zero attached hydrogens (tertiary/aromatic N) is 1. The Balaban J connectivity index is 0.00000392. The number of guanidine groups is 1. The molecule has 2 aromatic carbocycles. The number of rotatable bonds is 10. The largest absolute Gasteiger partial charge is 0.494 e. The van der Waals surface area contributed by atoms with E-state index < -0.39 is 0 Å². The predicted octanol–water partition coefficient (Wildman–Crippen LogP) is 4.56. The van der Waals surface area contributed by atoms with Gasteiger partial charge in [0, 0.05) is 25.3 Å². The number of nitrogens with one attached hydrogen (secondary N) is 2. The van der Waals surface area contributed by atoms with Crippen LogP contribution in [0, 0.1) is 0 Å². The first-order chi connectivity index (χ1) is 13.3. The fraction of sp³-hybridized carbons (Fsp3) is 0.381. The van der Waals surface area contributed by atoms with E-state index in [-0.39, 0.29) is 24.0 Å². The standard InChI is InChI=1S/C21H29N3O3.HI/c1-4-26-20-16-17(12-13-19(20)25-3)24-21(22-2)23-14-8-9-15-27-18-10-6-5-7-11-18;/h5-7,10-13,16H,4,8-9,14-15H2,1-3H3,(H2,22,23,24);1H. The molecule has 154 valence electrons. The molecular weight excluding hydrogens is 469 g/mol. The highest BCUT2D eigenvalue weighted by Crippen LogP contribution is 2.30. The Kier molecular flexibility index (Phi) is 11.9. The van der Waals surface area contributed by atoms with Gasteiger partial charge in [0.15, 0.2) is 17.5 Å². The SMILES string of the molecule is CCOc1cc(NC(=NC)NCCCCOc2ccccc2)ccc1OC.I. The molecule has 0 saturated carbocycles. The van der Waals surface area contributed by atoms with E-state index in [1.807, 2.05) is 55.5 Å². The highest BCUT2D eigenvalue weighted by Gasteiger charge is 2.06. The van der Waals surface area contributed by atoms with Gasteiger partial charge in [-0.05, 0) is 44.0 Å². The molecule has 0 heterocycles. The van der Waals surface area contributed by atoms with E-state index >= 15 is 0 Å². The quantitative estimate of drug-likeness (QED) is 0.217. The lowest BCUT2D eigenvalue weighted by Crippen LogP contribution is -2.31. The van der Waals surface area contributed by atoms with E-state index in [9.17, 15) is 0 Å². The molecule has 2 N–H and O–H groups in total. The third-order valence-corrected chi connectivity index (χ3v) is 3.83. The topological polar surface area (TPSA) is 64.1 Å². The third-order valence-electron chi connectivity index (χ3n) is 3.83. The molecule has 7 heteroatoms. The van der Waals surface area contributed by atoms with Crippen molar-refractivity contribution in [1.29, 1.82) is 0 Å². The summed E-state index contributed by atoms with van der Waals surface area (Å²) in [6.45, 7) is 4.04. The molecule has 0 aromatic heterocycles. The van der Waals surface area contributed by atoms with Crippen LogP contribution in [0.5, 0.6) is 17.2 Å². The molecule has 2 rings (SSSR count). The molecule has 0 radical (unpaired) electrons. The molecule has 0 amide bonds. The summed E-state index contributed by atoms with van der Waals surface area (Å²) in [5.74, 6) is 3.04. The van der Waals surface area contributed by atoms with Crippen molar-refractivity contribution in [3.8, 4) is 17.2 Å². The molecule has 0 unspecified atom stereocenters. The number of hydrogen-bond acceptors (Lipinski definition) is 4. The van der Waals surface area contributed by atoms with Crippen molar-refractivity contribution in [3.63, 3.8) is 0 Å². The number of halogens is 1. The molecule has 0 bridgehead atoms. The Morgan fingerprint density at radius 3 is 2.46 bits per heavy atom. The van der Waals surface area contributed by atoms with Gasteiger partial charge in [-0.15, -0.1) is 24.0 Å². The second-order valence-electron chi connectivity index (χ2n) is 5.79. The van der Waals surface area contributed by atoms with E-state index in [2.05, 4.69) is 15.6 Å². The summed E-state index contributed by atoms with van der Waals surface area (Å²) in [7, 11) is 3.38. The Labute approximate surface area is 184 Å². The maximum absolute atomic E-state index is 5.69. The number of aliphatic imine (C=N–C) groups is 1. The van der Waals surface area contributed by atoms with Gasteiger partial charge in [0.05, 0.1) is 20.3 Å². The summed E-state index contributed by atoms with van der Waals surface area (Å²) in [4.78, 5) is 4.26. The smallest absolute Gasteiger partial charge is 0.195 e. The summed E-state index contributed by atoms with van der Waals surface area (Å²) in [5.41, 5.74) is 0.889. The van der Waals surface area contributed by atoms with E-state index in [0.29, 0.717) is 30.7 Å². The number of methoxy groups -OCH3 is 1. The minimum Gasteiger partial charge on any atom is -0.494 e.